The van der Waals surface area contributed by atoms with E-state index in [1.165, 1.54) is 33.6 Å². The number of aliphatic hydroxyl groups is 1. The van der Waals surface area contributed by atoms with Gasteiger partial charge in [0.2, 0.25) is 0 Å². The van der Waals surface area contributed by atoms with Crippen molar-refractivity contribution in [3.8, 4) is 46.1 Å². The largest absolute Gasteiger partial charge is 0.515 e. The first-order valence-electron chi connectivity index (χ1n) is 50.4. The number of aliphatic hydroxyl groups excluding tert-OH is 1. The van der Waals surface area contributed by atoms with E-state index < -0.39 is 22.8 Å². The Morgan fingerprint density at radius 2 is 0.752 bits per heavy atom. The van der Waals surface area contributed by atoms with E-state index in [0.717, 1.165) is 178 Å². The average molecular weight is 1880 g/mol. The van der Waals surface area contributed by atoms with Crippen molar-refractivity contribution < 1.29 is 47.9 Å². The van der Waals surface area contributed by atoms with Gasteiger partial charge < -0.3 is 38.4 Å². The Labute approximate surface area is 806 Å². The van der Waals surface area contributed by atoms with E-state index in [0.29, 0.717) is 105 Å². The zero-order chi connectivity index (χ0) is 98.4. The predicted molar refractivity (Wildman–Crippen MR) is 517 cm³/mol. The van der Waals surface area contributed by atoms with Crippen LogP contribution in [0.4, 0.5) is 0 Å². The standard InChI is InChI=1S/C22H33N5O2.C21H29N5O2.C21H32N4O3.C20H29N5O.C19H27N5O2/c1-14(2)27-13-23-19(25-27)17-15-7-8-16-20(3,4)22(28-11-12-29-22)10-9-21(16,5)18(15)24-26(17)6;1-12(2)26-11-22-19(24-26)16-14-7-8-15-20(3,4)18(28)13(10-27)9-21(15,5)17(14)23-25(16)6;1-19(2)15-8-7-14-16(18(26)22-13-24(4)5)25(6)23-17(14)20(15,3)9-10-21(19)27-11-12-28-21;1-12(2)25-11-21-18(23-25)16-13-7-8-14-19(3,4)15(26)9-10-20(14,5)17(13)22-24(16)6;1-17(2)13-6-5-12-14(16-20-11-21-22-16)24(4)23-15(12)18(13,3)7-8-19(17)25-9-10-26-19/h13-14,16H,7-12H2,1-6H3;10-12,15,27H,7-9H2,1-6H3;13,15H,7-12H2,1-6H3;11-12,14H,7-10H2,1-6H3;11,13H,5-10H2,1-4H3,(H,20,21,22)/b;13-10-;;;/t16-,21-;15-,21-;15-,20-;14-,20-;13-,18-/m00000/s1. The third-order valence-corrected chi connectivity index (χ3v) is 36.4. The first kappa shape index (κ1) is 97.6. The SMILES string of the molecule is CC(C)n1cnc(-c2c3c(nn2C)[C@@]2(C)C/C(=C/O)C(=O)C(C)(C)[C@@H]2CC3)n1.CC(C)n1cnc(-c2c3c(nn2C)[C@@]2(C)CCC(=O)C(C)(C)[C@@H]2CC3)n1.CC(C)n1cnc(-c2c3c(nn2C)[C@@]2(C)CCC4(OCCO4)C(C)(C)[C@@H]2CC3)n1.CN(C)C=NC(=O)c1c2c(nn1C)[C@@]1(C)CCC3(OCCO3)C(C)(C)[C@@H]1CC2.Cn1nc2c(c1-c1ncn[nH]1)CC[C@H]1C(C)(C)C3(CC[C@]21C)OCCO3. The second kappa shape index (κ2) is 34.4. The highest BCUT2D eigenvalue weighted by atomic mass is 16.8. The molecule has 3 aliphatic heterocycles. The van der Waals surface area contributed by atoms with Crippen LogP contribution in [0.5, 0.6) is 0 Å². The van der Waals surface area contributed by atoms with Crippen molar-refractivity contribution in [2.24, 2.45) is 96.9 Å². The average Bonchev–Trinajstić information content (AvgIpc) is 1.59. The Bertz CT molecular complexity index is 6150. The normalized spacial score (nSPS) is 29.5. The van der Waals surface area contributed by atoms with Crippen molar-refractivity contribution in [3.05, 3.63) is 99.1 Å². The highest BCUT2D eigenvalue weighted by Gasteiger charge is 2.69. The van der Waals surface area contributed by atoms with Crippen molar-refractivity contribution >= 4 is 23.8 Å². The number of H-pyrrole nitrogens is 1. The van der Waals surface area contributed by atoms with Gasteiger partial charge in [-0.05, 0) is 167 Å². The zero-order valence-corrected chi connectivity index (χ0v) is 86.7. The summed E-state index contributed by atoms with van der Waals surface area (Å²) in [7, 11) is 13.5. The minimum absolute atomic E-state index is 0.00820. The van der Waals surface area contributed by atoms with Gasteiger partial charge in [-0.15, -0.1) is 15.3 Å². The zero-order valence-electron chi connectivity index (χ0n) is 86.7. The number of ether oxygens (including phenoxy) is 6. The predicted octanol–water partition coefficient (Wildman–Crippen LogP) is 15.8. The molecule has 34 nitrogen and oxygen atoms in total. The summed E-state index contributed by atoms with van der Waals surface area (Å²) in [5, 5.41) is 55.6. The Morgan fingerprint density at radius 1 is 0.423 bits per heavy atom. The summed E-state index contributed by atoms with van der Waals surface area (Å²) in [5.41, 5.74) is 15.6. The summed E-state index contributed by atoms with van der Waals surface area (Å²) >= 11 is 0. The number of carbonyl (C=O) groups is 3. The van der Waals surface area contributed by atoms with Crippen LogP contribution in [0.25, 0.3) is 46.1 Å². The molecule has 22 rings (SSSR count). The van der Waals surface area contributed by atoms with Crippen molar-refractivity contribution in [1.29, 1.82) is 0 Å². The van der Waals surface area contributed by atoms with E-state index in [2.05, 4.69) is 177 Å². The van der Waals surface area contributed by atoms with Crippen molar-refractivity contribution in [3.63, 3.8) is 0 Å². The molecular weight excluding hydrogens is 1730 g/mol. The van der Waals surface area contributed by atoms with Crippen LogP contribution < -0.4 is 0 Å². The van der Waals surface area contributed by atoms with Crippen LogP contribution in [-0.4, -0.2) is 213 Å². The molecule has 137 heavy (non-hydrogen) atoms. The number of carbonyl (C=O) groups excluding carboxylic acids is 3. The molecule has 0 aromatic carbocycles. The number of aliphatic imine (C=N–C) groups is 1. The number of rotatable bonds is 9. The van der Waals surface area contributed by atoms with Gasteiger partial charge in [0.1, 0.15) is 59.6 Å². The molecule has 13 aliphatic rings. The number of nitrogens with zero attached hydrogens (tertiary/aromatic N) is 23. The van der Waals surface area contributed by atoms with Gasteiger partial charge in [-0.3, -0.25) is 42.9 Å². The Kier molecular flexibility index (Phi) is 24.5. The van der Waals surface area contributed by atoms with Gasteiger partial charge >= 0.3 is 0 Å². The molecule has 1 amide bonds. The number of fused-ring (bicyclic) bond motifs is 15. The number of hydrogen-bond acceptors (Lipinski definition) is 23. The maximum absolute atomic E-state index is 12.9. The molecule has 10 atom stereocenters. The van der Waals surface area contributed by atoms with Crippen LogP contribution in [-0.2, 0) is 132 Å². The summed E-state index contributed by atoms with van der Waals surface area (Å²) in [6, 6.07) is 0.825. The van der Waals surface area contributed by atoms with E-state index >= 15 is 0 Å². The molecule has 3 spiro atoms. The molecule has 34 heteroatoms. The van der Waals surface area contributed by atoms with Gasteiger partial charge in [-0.25, -0.2) is 34.0 Å². The molecule has 8 fully saturated rings. The lowest BCUT2D eigenvalue weighted by molar-refractivity contribution is -0.276. The first-order chi connectivity index (χ1) is 64.5. The van der Waals surface area contributed by atoms with Crippen LogP contribution in [0.1, 0.15) is 320 Å². The van der Waals surface area contributed by atoms with E-state index in [1.807, 2.05) is 102 Å². The number of aromatic nitrogens is 22. The number of amides is 1. The highest BCUT2D eigenvalue weighted by Crippen LogP contribution is 2.68. The summed E-state index contributed by atoms with van der Waals surface area (Å²) < 4.78 is 52.4. The molecular formula is C103H150N24O10. The summed E-state index contributed by atoms with van der Waals surface area (Å²) in [6.07, 6.45) is 27.0. The third kappa shape index (κ3) is 15.1. The quantitative estimate of drug-likeness (QED) is 0.0586. The number of Topliss-reactive ketones (excluding diaryl/α,β-unsaturated/α-hetero) is 2. The lowest BCUT2D eigenvalue weighted by atomic mass is 9.49. The lowest BCUT2D eigenvalue weighted by Crippen LogP contribution is -2.61. The van der Waals surface area contributed by atoms with Gasteiger partial charge in [-0.2, -0.15) is 35.6 Å². The number of aryl methyl sites for hydroxylation is 5. The van der Waals surface area contributed by atoms with Gasteiger partial charge in [0.25, 0.3) is 5.91 Å². The van der Waals surface area contributed by atoms with Gasteiger partial charge in [0.15, 0.2) is 46.4 Å². The molecule has 10 aliphatic carbocycles. The van der Waals surface area contributed by atoms with Crippen LogP contribution in [0.15, 0.2) is 42.1 Å². The van der Waals surface area contributed by atoms with Crippen LogP contribution >= 0.6 is 0 Å². The molecule has 0 radical (unpaired) electrons. The van der Waals surface area contributed by atoms with E-state index in [9.17, 15) is 19.5 Å². The lowest BCUT2D eigenvalue weighted by Gasteiger charge is -2.59. The number of nitrogens with one attached hydrogen (secondary N) is 1. The molecule has 0 bridgehead atoms. The van der Waals surface area contributed by atoms with Gasteiger partial charge in [0, 0.05) is 181 Å². The molecule has 3 saturated heterocycles. The summed E-state index contributed by atoms with van der Waals surface area (Å²) in [6.45, 7) is 50.5. The van der Waals surface area contributed by atoms with E-state index in [4.69, 9.17) is 59.0 Å². The smallest absolute Gasteiger partial charge is 0.296 e. The number of aromatic amines is 1. The topological polar surface area (TPSA) is 365 Å². The fraction of sp³-hybridized carbons (Fsp3) is 0.718. The molecule has 9 aromatic heterocycles. The molecule has 12 heterocycles. The molecule has 5 saturated carbocycles. The number of hydrogen-bond donors (Lipinski definition) is 2. The van der Waals surface area contributed by atoms with Crippen molar-refractivity contribution in [2.45, 2.75) is 330 Å². The monoisotopic (exact) mass is 1880 g/mol. The van der Waals surface area contributed by atoms with Gasteiger partial charge in [-0.1, -0.05) is 104 Å². The van der Waals surface area contributed by atoms with Crippen molar-refractivity contribution in [1.82, 2.24) is 113 Å². The summed E-state index contributed by atoms with van der Waals surface area (Å²) in [4.78, 5) is 62.1. The van der Waals surface area contributed by atoms with E-state index in [-0.39, 0.29) is 78.4 Å². The number of ketones is 2. The van der Waals surface area contributed by atoms with Crippen LogP contribution in [0.2, 0.25) is 0 Å². The minimum Gasteiger partial charge on any atom is -0.515 e. The Morgan fingerprint density at radius 3 is 1.10 bits per heavy atom. The third-order valence-electron chi connectivity index (χ3n) is 36.4. The fourth-order valence-electron chi connectivity index (χ4n) is 29.2. The summed E-state index contributed by atoms with van der Waals surface area (Å²) in [5.74, 6) is 3.71. The van der Waals surface area contributed by atoms with Crippen LogP contribution in [0.3, 0.4) is 0 Å². The maximum atomic E-state index is 12.9. The van der Waals surface area contributed by atoms with Crippen molar-refractivity contribution in [2.75, 3.05) is 53.7 Å². The highest BCUT2D eigenvalue weighted by molar-refractivity contribution is 6.01. The second-order valence-electron chi connectivity index (χ2n) is 46.9. The Hall–Kier alpha value is -9.61. The van der Waals surface area contributed by atoms with E-state index in [1.54, 1.807) is 34.9 Å². The first-order valence-corrected chi connectivity index (χ1v) is 50.4. The fourth-order valence-corrected chi connectivity index (χ4v) is 29.2. The Balaban J connectivity index is 0.000000114. The molecule has 742 valence electrons. The van der Waals surface area contributed by atoms with Gasteiger partial charge in [0.05, 0.1) is 80.7 Å². The maximum Gasteiger partial charge on any atom is 0.296 e. The number of allylic oxidation sites excluding steroid dienone is 1. The second-order valence-corrected chi connectivity index (χ2v) is 46.9. The molecule has 2 N–H and O–H groups in total. The molecule has 9 aromatic rings. The minimum atomic E-state index is -0.533. The molecule has 0 unspecified atom stereocenters. The van der Waals surface area contributed by atoms with Crippen LogP contribution in [0, 0.1) is 56.7 Å².